The standard InChI is InChI=1S/C24H20FNO2/c1-16-7-9-17(10-8-16)15-26-22(19-11-13-20(25)14-12-19)21(23(27)24(26)28)18-5-3-2-4-6-18/h2-14,22,27H,15H2,1H3/t22-/m1/s1. The van der Waals surface area contributed by atoms with Crippen molar-refractivity contribution >= 4 is 11.5 Å². The monoisotopic (exact) mass is 373 g/mol. The van der Waals surface area contributed by atoms with Gasteiger partial charge in [0, 0.05) is 12.1 Å². The molecule has 1 aliphatic rings. The predicted octanol–water partition coefficient (Wildman–Crippen LogP) is 5.19. The highest BCUT2D eigenvalue weighted by atomic mass is 19.1. The van der Waals surface area contributed by atoms with Crippen molar-refractivity contribution in [2.45, 2.75) is 19.5 Å². The number of rotatable bonds is 4. The summed E-state index contributed by atoms with van der Waals surface area (Å²) in [6.45, 7) is 2.36. The highest BCUT2D eigenvalue weighted by molar-refractivity contribution is 6.05. The van der Waals surface area contributed by atoms with E-state index in [1.165, 1.54) is 12.1 Å². The topological polar surface area (TPSA) is 40.5 Å². The maximum Gasteiger partial charge on any atom is 0.290 e. The minimum Gasteiger partial charge on any atom is -0.503 e. The van der Waals surface area contributed by atoms with Gasteiger partial charge in [0.2, 0.25) is 0 Å². The Labute approximate surface area is 163 Å². The Morgan fingerprint density at radius 3 is 2.21 bits per heavy atom. The number of amides is 1. The average molecular weight is 373 g/mol. The van der Waals surface area contributed by atoms with Crippen molar-refractivity contribution in [2.24, 2.45) is 0 Å². The van der Waals surface area contributed by atoms with Crippen molar-refractivity contribution in [2.75, 3.05) is 0 Å². The number of hydrogen-bond acceptors (Lipinski definition) is 2. The Morgan fingerprint density at radius 2 is 1.57 bits per heavy atom. The van der Waals surface area contributed by atoms with Crippen molar-refractivity contribution in [3.63, 3.8) is 0 Å². The largest absolute Gasteiger partial charge is 0.503 e. The zero-order valence-electron chi connectivity index (χ0n) is 15.5. The molecule has 140 valence electrons. The Kier molecular flexibility index (Phi) is 4.70. The smallest absolute Gasteiger partial charge is 0.290 e. The number of nitrogens with zero attached hydrogens (tertiary/aromatic N) is 1. The summed E-state index contributed by atoms with van der Waals surface area (Å²) in [5.74, 6) is -1.02. The lowest BCUT2D eigenvalue weighted by Gasteiger charge is -2.27. The summed E-state index contributed by atoms with van der Waals surface area (Å²) >= 11 is 0. The summed E-state index contributed by atoms with van der Waals surface area (Å²) in [5.41, 5.74) is 4.17. The number of benzene rings is 3. The highest BCUT2D eigenvalue weighted by Crippen LogP contribution is 2.43. The molecule has 0 saturated heterocycles. The van der Waals surface area contributed by atoms with E-state index in [9.17, 15) is 14.3 Å². The minimum atomic E-state index is -0.489. The second-order valence-electron chi connectivity index (χ2n) is 7.00. The molecule has 3 aromatic rings. The van der Waals surface area contributed by atoms with Crippen molar-refractivity contribution in [1.82, 2.24) is 4.90 Å². The van der Waals surface area contributed by atoms with E-state index >= 15 is 0 Å². The quantitative estimate of drug-likeness (QED) is 0.684. The van der Waals surface area contributed by atoms with Crippen LogP contribution in [0.2, 0.25) is 0 Å². The highest BCUT2D eigenvalue weighted by Gasteiger charge is 2.40. The van der Waals surface area contributed by atoms with Gasteiger partial charge in [-0.25, -0.2) is 4.39 Å². The molecule has 0 fully saturated rings. The van der Waals surface area contributed by atoms with E-state index in [0.29, 0.717) is 12.1 Å². The van der Waals surface area contributed by atoms with Gasteiger partial charge in [-0.2, -0.15) is 0 Å². The molecule has 0 aliphatic carbocycles. The van der Waals surface area contributed by atoms with Crippen LogP contribution in [0.4, 0.5) is 4.39 Å². The fraction of sp³-hybridized carbons (Fsp3) is 0.125. The first-order valence-electron chi connectivity index (χ1n) is 9.15. The molecule has 1 aliphatic heterocycles. The van der Waals surface area contributed by atoms with Gasteiger partial charge in [-0.15, -0.1) is 0 Å². The second kappa shape index (κ2) is 7.31. The molecular weight excluding hydrogens is 353 g/mol. The third-order valence-electron chi connectivity index (χ3n) is 5.05. The first-order chi connectivity index (χ1) is 13.5. The van der Waals surface area contributed by atoms with Gasteiger partial charge in [0.05, 0.1) is 6.04 Å². The van der Waals surface area contributed by atoms with Crippen LogP contribution in [-0.2, 0) is 11.3 Å². The zero-order valence-corrected chi connectivity index (χ0v) is 15.5. The third-order valence-corrected chi connectivity index (χ3v) is 5.05. The molecule has 0 unspecified atom stereocenters. The van der Waals surface area contributed by atoms with Gasteiger partial charge in [-0.1, -0.05) is 72.3 Å². The Balaban J connectivity index is 1.80. The zero-order chi connectivity index (χ0) is 19.7. The van der Waals surface area contributed by atoms with Gasteiger partial charge >= 0.3 is 0 Å². The molecule has 4 heteroatoms. The molecule has 1 amide bonds. The summed E-state index contributed by atoms with van der Waals surface area (Å²) in [4.78, 5) is 14.6. The molecule has 1 heterocycles. The van der Waals surface area contributed by atoms with Gasteiger partial charge in [-0.05, 0) is 35.7 Å². The Morgan fingerprint density at radius 1 is 0.929 bits per heavy atom. The van der Waals surface area contributed by atoms with E-state index in [-0.39, 0.29) is 11.6 Å². The van der Waals surface area contributed by atoms with E-state index in [1.807, 2.05) is 61.5 Å². The van der Waals surface area contributed by atoms with E-state index in [1.54, 1.807) is 17.0 Å². The van der Waals surface area contributed by atoms with Gasteiger partial charge in [0.1, 0.15) is 5.82 Å². The molecule has 28 heavy (non-hydrogen) atoms. The minimum absolute atomic E-state index is 0.257. The normalized spacial score (nSPS) is 16.7. The average Bonchev–Trinajstić information content (AvgIpc) is 2.96. The maximum absolute atomic E-state index is 13.5. The second-order valence-corrected chi connectivity index (χ2v) is 7.00. The molecule has 0 bridgehead atoms. The number of hydrogen-bond donors (Lipinski definition) is 1. The Hall–Kier alpha value is -3.40. The SMILES string of the molecule is Cc1ccc(CN2C(=O)C(O)=C(c3ccccc3)[C@H]2c2ccc(F)cc2)cc1. The first kappa shape index (κ1) is 18.0. The fourth-order valence-electron chi connectivity index (χ4n) is 3.61. The molecule has 0 aromatic heterocycles. The van der Waals surface area contributed by atoms with Gasteiger partial charge in [0.25, 0.3) is 5.91 Å². The van der Waals surface area contributed by atoms with Crippen molar-refractivity contribution in [3.05, 3.63) is 113 Å². The molecular formula is C24H20FNO2. The fourth-order valence-corrected chi connectivity index (χ4v) is 3.61. The van der Waals surface area contributed by atoms with Crippen molar-refractivity contribution < 1.29 is 14.3 Å². The number of halogens is 1. The lowest BCUT2D eigenvalue weighted by Crippen LogP contribution is -2.29. The summed E-state index contributed by atoms with van der Waals surface area (Å²) < 4.78 is 13.5. The molecule has 0 spiro atoms. The number of carbonyl (C=O) groups excluding carboxylic acids is 1. The van der Waals surface area contributed by atoms with E-state index in [2.05, 4.69) is 0 Å². The van der Waals surface area contributed by atoms with Crippen LogP contribution in [-0.4, -0.2) is 15.9 Å². The molecule has 1 atom stereocenters. The van der Waals surface area contributed by atoms with Gasteiger partial charge in [-0.3, -0.25) is 4.79 Å². The number of aryl methyl sites for hydroxylation is 1. The number of aliphatic hydroxyl groups excluding tert-OH is 1. The van der Waals surface area contributed by atoms with Crippen LogP contribution in [0.25, 0.3) is 5.57 Å². The van der Waals surface area contributed by atoms with Crippen LogP contribution in [0.15, 0.2) is 84.6 Å². The van der Waals surface area contributed by atoms with Crippen LogP contribution in [0, 0.1) is 12.7 Å². The van der Waals surface area contributed by atoms with E-state index in [0.717, 1.165) is 22.3 Å². The van der Waals surface area contributed by atoms with E-state index in [4.69, 9.17) is 0 Å². The molecule has 1 N–H and O–H groups in total. The van der Waals surface area contributed by atoms with Crippen LogP contribution in [0.5, 0.6) is 0 Å². The molecule has 3 aromatic carbocycles. The van der Waals surface area contributed by atoms with E-state index < -0.39 is 11.9 Å². The van der Waals surface area contributed by atoms with Gasteiger partial charge in [0.15, 0.2) is 5.76 Å². The van der Waals surface area contributed by atoms with Crippen LogP contribution in [0.1, 0.15) is 28.3 Å². The third kappa shape index (κ3) is 3.29. The summed E-state index contributed by atoms with van der Waals surface area (Å²) in [6, 6.07) is 22.9. The van der Waals surface area contributed by atoms with Crippen LogP contribution >= 0.6 is 0 Å². The summed E-state index contributed by atoms with van der Waals surface area (Å²) in [6.07, 6.45) is 0. The molecule has 0 saturated carbocycles. The molecule has 0 radical (unpaired) electrons. The lowest BCUT2D eigenvalue weighted by atomic mass is 9.93. The summed E-state index contributed by atoms with van der Waals surface area (Å²) in [5, 5.41) is 10.7. The first-order valence-corrected chi connectivity index (χ1v) is 9.15. The molecule has 3 nitrogen and oxygen atoms in total. The van der Waals surface area contributed by atoms with Crippen LogP contribution in [0.3, 0.4) is 0 Å². The number of aliphatic hydroxyl groups is 1. The van der Waals surface area contributed by atoms with Crippen molar-refractivity contribution in [1.29, 1.82) is 0 Å². The number of carbonyl (C=O) groups is 1. The summed E-state index contributed by atoms with van der Waals surface area (Å²) in [7, 11) is 0. The predicted molar refractivity (Wildman–Crippen MR) is 107 cm³/mol. The Bertz CT molecular complexity index is 1020. The lowest BCUT2D eigenvalue weighted by molar-refractivity contribution is -0.130. The molecule has 4 rings (SSSR count). The van der Waals surface area contributed by atoms with Crippen LogP contribution < -0.4 is 0 Å². The van der Waals surface area contributed by atoms with Gasteiger partial charge < -0.3 is 10.0 Å². The maximum atomic E-state index is 13.5. The van der Waals surface area contributed by atoms with Crippen molar-refractivity contribution in [3.8, 4) is 0 Å².